The molecule has 456 valence electrons. The van der Waals surface area contributed by atoms with Crippen LogP contribution in [0.15, 0.2) is 0 Å². The predicted molar refractivity (Wildman–Crippen MR) is 303 cm³/mol. The van der Waals surface area contributed by atoms with E-state index >= 15 is 0 Å². The summed E-state index contributed by atoms with van der Waals surface area (Å²) in [6.45, 7) is 7.07. The monoisotopic (exact) mass is 1140 g/mol. The van der Waals surface area contributed by atoms with E-state index in [1.165, 1.54) is 89.9 Å². The van der Waals surface area contributed by atoms with Gasteiger partial charge in [0.2, 0.25) is 0 Å². The summed E-state index contributed by atoms with van der Waals surface area (Å²) in [7, 11) is -9.87. The number of unbranched alkanes of at least 4 members (excludes halogenated alkanes) is 29. The highest BCUT2D eigenvalue weighted by Gasteiger charge is 2.30. The van der Waals surface area contributed by atoms with Gasteiger partial charge in [-0.1, -0.05) is 234 Å². The number of phosphoric acid groups is 2. The Bertz CT molecular complexity index is 1520. The topological polar surface area (TPSA) is 237 Å². The standard InChI is InChI=1S/C58H112O17P2/c1-6-10-13-16-19-21-22-28-32-37-42-56(61)69-48-54(75-58(63)44-39-34-29-24-23-26-30-35-40-51(5)9-4)50-73-77(66,67)71-46-52(59)45-70-76(64,65)72-49-53(47-68-55(60)41-36-31-25-18-15-12-8-3)74-57(62)43-38-33-27-20-17-14-11-7-2/h51-54,59H,6-50H2,1-5H3,(H,64,65)(H,66,67)/t51?,52-,53+,54+/m0/s1. The summed E-state index contributed by atoms with van der Waals surface area (Å²) in [4.78, 5) is 71.7. The molecule has 3 unspecified atom stereocenters. The van der Waals surface area contributed by atoms with Crippen molar-refractivity contribution in [3.8, 4) is 0 Å². The number of hydrogen-bond acceptors (Lipinski definition) is 15. The minimum absolute atomic E-state index is 0.104. The molecule has 0 aliphatic rings. The second-order valence-corrected chi connectivity index (χ2v) is 24.2. The SMILES string of the molecule is CCCCCCCCCCCCC(=O)OC[C@H](COP(=O)(O)OC[C@@H](O)COP(=O)(O)OC[C@@H](COC(=O)CCCCCCCCC)OC(=O)CCCCCCCCCC)OC(=O)CCCCCCCCCCC(C)CC. The Hall–Kier alpha value is -1.94. The molecule has 3 N–H and O–H groups in total. The van der Waals surface area contributed by atoms with Crippen molar-refractivity contribution in [2.75, 3.05) is 39.6 Å². The molecular formula is C58H112O17P2. The Labute approximate surface area is 467 Å². The average Bonchev–Trinajstić information content (AvgIpc) is 3.40. The molecule has 0 aromatic heterocycles. The first-order chi connectivity index (χ1) is 37.1. The van der Waals surface area contributed by atoms with Gasteiger partial charge in [-0.05, 0) is 31.6 Å². The molecule has 0 saturated carbocycles. The fourth-order valence-corrected chi connectivity index (χ4v) is 10.1. The number of carbonyl (C=O) groups excluding carboxylic acids is 4. The van der Waals surface area contributed by atoms with Crippen LogP contribution < -0.4 is 0 Å². The molecule has 19 heteroatoms. The maximum atomic E-state index is 12.9. The normalized spacial score (nSPS) is 14.8. The van der Waals surface area contributed by atoms with Gasteiger partial charge in [-0.3, -0.25) is 37.3 Å². The van der Waals surface area contributed by atoms with Crippen LogP contribution >= 0.6 is 15.6 Å². The first-order valence-corrected chi connectivity index (χ1v) is 33.7. The van der Waals surface area contributed by atoms with E-state index in [-0.39, 0.29) is 25.7 Å². The molecule has 0 aliphatic heterocycles. The van der Waals surface area contributed by atoms with Crippen LogP contribution in [0.4, 0.5) is 0 Å². The Morgan fingerprint density at radius 3 is 0.922 bits per heavy atom. The molecule has 17 nitrogen and oxygen atoms in total. The molecule has 0 rings (SSSR count). The van der Waals surface area contributed by atoms with Gasteiger partial charge >= 0.3 is 39.5 Å². The molecular weight excluding hydrogens is 1030 g/mol. The third kappa shape index (κ3) is 51.9. The van der Waals surface area contributed by atoms with Crippen molar-refractivity contribution in [1.29, 1.82) is 0 Å². The molecule has 0 amide bonds. The second-order valence-electron chi connectivity index (χ2n) is 21.3. The van der Waals surface area contributed by atoms with Gasteiger partial charge in [0.1, 0.15) is 19.3 Å². The molecule has 6 atom stereocenters. The molecule has 0 bridgehead atoms. The molecule has 0 saturated heterocycles. The van der Waals surface area contributed by atoms with E-state index in [0.717, 1.165) is 115 Å². The van der Waals surface area contributed by atoms with Gasteiger partial charge in [-0.15, -0.1) is 0 Å². The zero-order chi connectivity index (χ0) is 57.1. The number of ether oxygens (including phenoxy) is 4. The number of hydrogen-bond donors (Lipinski definition) is 3. The molecule has 0 aromatic rings. The summed E-state index contributed by atoms with van der Waals surface area (Å²) in [5, 5.41) is 10.5. The zero-order valence-corrected chi connectivity index (χ0v) is 50.9. The van der Waals surface area contributed by atoms with Gasteiger partial charge in [-0.25, -0.2) is 9.13 Å². The molecule has 0 radical (unpaired) electrons. The smallest absolute Gasteiger partial charge is 0.462 e. The van der Waals surface area contributed by atoms with Crippen LogP contribution in [-0.4, -0.2) is 96.7 Å². The largest absolute Gasteiger partial charge is 0.472 e. The molecule has 0 aromatic carbocycles. The summed E-state index contributed by atoms with van der Waals surface area (Å²) >= 11 is 0. The van der Waals surface area contributed by atoms with Crippen molar-refractivity contribution >= 4 is 39.5 Å². The summed E-state index contributed by atoms with van der Waals surface area (Å²) in [5.41, 5.74) is 0. The van der Waals surface area contributed by atoms with Gasteiger partial charge in [0, 0.05) is 25.7 Å². The summed E-state index contributed by atoms with van der Waals surface area (Å²) in [6, 6.07) is 0. The number of aliphatic hydroxyl groups excluding tert-OH is 1. The van der Waals surface area contributed by atoms with Gasteiger partial charge in [-0.2, -0.15) is 0 Å². The van der Waals surface area contributed by atoms with Crippen molar-refractivity contribution in [2.45, 2.75) is 303 Å². The van der Waals surface area contributed by atoms with Crippen LogP contribution in [0, 0.1) is 5.92 Å². The first kappa shape index (κ1) is 75.1. The maximum Gasteiger partial charge on any atom is 0.472 e. The third-order valence-electron chi connectivity index (χ3n) is 13.6. The van der Waals surface area contributed by atoms with Gasteiger partial charge < -0.3 is 33.8 Å². The maximum absolute atomic E-state index is 12.9. The van der Waals surface area contributed by atoms with Gasteiger partial charge in [0.15, 0.2) is 12.2 Å². The lowest BCUT2D eigenvalue weighted by atomic mass is 9.99. The summed E-state index contributed by atoms with van der Waals surface area (Å²) in [5.74, 6) is -1.38. The minimum Gasteiger partial charge on any atom is -0.462 e. The Morgan fingerprint density at radius 1 is 0.364 bits per heavy atom. The fraction of sp³-hybridized carbons (Fsp3) is 0.931. The van der Waals surface area contributed by atoms with Gasteiger partial charge in [0.25, 0.3) is 0 Å². The van der Waals surface area contributed by atoms with E-state index in [0.29, 0.717) is 25.7 Å². The van der Waals surface area contributed by atoms with Crippen molar-refractivity contribution in [3.63, 3.8) is 0 Å². The quantitative estimate of drug-likeness (QED) is 0.0222. The van der Waals surface area contributed by atoms with Crippen molar-refractivity contribution in [3.05, 3.63) is 0 Å². The van der Waals surface area contributed by atoms with Gasteiger partial charge in [0.05, 0.1) is 26.4 Å². The van der Waals surface area contributed by atoms with Crippen LogP contribution in [0.5, 0.6) is 0 Å². The highest BCUT2D eigenvalue weighted by atomic mass is 31.2. The second kappa shape index (κ2) is 52.2. The first-order valence-electron chi connectivity index (χ1n) is 30.7. The van der Waals surface area contributed by atoms with E-state index in [9.17, 15) is 43.2 Å². The Balaban J connectivity index is 5.21. The number of carbonyl (C=O) groups is 4. The fourth-order valence-electron chi connectivity index (χ4n) is 8.49. The van der Waals surface area contributed by atoms with Crippen LogP contribution in [0.25, 0.3) is 0 Å². The van der Waals surface area contributed by atoms with Crippen LogP contribution in [0.3, 0.4) is 0 Å². The Kier molecular flexibility index (Phi) is 50.8. The van der Waals surface area contributed by atoms with E-state index in [1.54, 1.807) is 0 Å². The molecule has 0 aliphatic carbocycles. The van der Waals surface area contributed by atoms with Crippen molar-refractivity contribution < 1.29 is 80.2 Å². The predicted octanol–water partition coefficient (Wildman–Crippen LogP) is 15.5. The highest BCUT2D eigenvalue weighted by Crippen LogP contribution is 2.45. The number of rotatable bonds is 58. The van der Waals surface area contributed by atoms with E-state index < -0.39 is 97.5 Å². The van der Waals surface area contributed by atoms with E-state index in [4.69, 9.17) is 37.0 Å². The lowest BCUT2D eigenvalue weighted by molar-refractivity contribution is -0.161. The zero-order valence-electron chi connectivity index (χ0n) is 49.1. The number of esters is 4. The molecule has 77 heavy (non-hydrogen) atoms. The Morgan fingerprint density at radius 2 is 0.623 bits per heavy atom. The van der Waals surface area contributed by atoms with E-state index in [2.05, 4.69) is 34.6 Å². The molecule has 0 fully saturated rings. The summed E-state index contributed by atoms with van der Waals surface area (Å²) in [6.07, 6.45) is 33.5. The van der Waals surface area contributed by atoms with Crippen LogP contribution in [0.2, 0.25) is 0 Å². The van der Waals surface area contributed by atoms with Crippen molar-refractivity contribution in [1.82, 2.24) is 0 Å². The number of phosphoric ester groups is 2. The van der Waals surface area contributed by atoms with Crippen molar-refractivity contribution in [2.24, 2.45) is 5.92 Å². The minimum atomic E-state index is -4.94. The number of aliphatic hydroxyl groups is 1. The highest BCUT2D eigenvalue weighted by molar-refractivity contribution is 7.47. The van der Waals surface area contributed by atoms with Crippen LogP contribution in [-0.2, 0) is 65.4 Å². The van der Waals surface area contributed by atoms with Crippen LogP contribution in [0.1, 0.15) is 285 Å². The molecule has 0 spiro atoms. The molecule has 0 heterocycles. The lowest BCUT2D eigenvalue weighted by Crippen LogP contribution is -2.30. The summed E-state index contributed by atoms with van der Waals surface area (Å²) < 4.78 is 67.6. The average molecular weight is 1140 g/mol. The third-order valence-corrected chi connectivity index (χ3v) is 15.5. The van der Waals surface area contributed by atoms with E-state index in [1.807, 2.05) is 0 Å². The lowest BCUT2D eigenvalue weighted by Gasteiger charge is -2.21.